The number of nitrogens with zero attached hydrogens (tertiary/aromatic N) is 3. The fourth-order valence-electron chi connectivity index (χ4n) is 3.76. The molecule has 1 aliphatic carbocycles. The molecule has 0 radical (unpaired) electrons. The maximum Gasteiger partial charge on any atom is 0.241 e. The number of carbonyl (C=O) groups excluding carboxylic acids is 1. The third-order valence-corrected chi connectivity index (χ3v) is 4.96. The maximum absolute atomic E-state index is 12.5. The summed E-state index contributed by atoms with van der Waals surface area (Å²) in [5, 5.41) is 6.48. The molecule has 1 saturated heterocycles. The molecule has 0 bridgehead atoms. The van der Waals surface area contributed by atoms with Gasteiger partial charge in [-0.15, -0.1) is 0 Å². The molecular formula is C17H21N5O. The number of carbonyl (C=O) groups is 1. The Hall–Kier alpha value is -2.21. The number of aromatic nitrogens is 3. The van der Waals surface area contributed by atoms with Crippen molar-refractivity contribution in [3.8, 4) is 5.82 Å². The van der Waals surface area contributed by atoms with Crippen molar-refractivity contribution in [3.63, 3.8) is 0 Å². The Morgan fingerprint density at radius 2 is 2.22 bits per heavy atom. The second-order valence-corrected chi connectivity index (χ2v) is 6.47. The van der Waals surface area contributed by atoms with Crippen LogP contribution in [0.2, 0.25) is 0 Å². The average molecular weight is 311 g/mol. The normalized spacial score (nSPS) is 26.7. The minimum absolute atomic E-state index is 0.0524. The number of amides is 1. The molecule has 1 amide bonds. The van der Waals surface area contributed by atoms with Crippen LogP contribution in [0, 0.1) is 5.92 Å². The molecule has 2 aromatic heterocycles. The van der Waals surface area contributed by atoms with E-state index in [4.69, 9.17) is 0 Å². The van der Waals surface area contributed by atoms with Gasteiger partial charge in [0.05, 0.1) is 17.9 Å². The van der Waals surface area contributed by atoms with Crippen LogP contribution in [0.25, 0.3) is 5.82 Å². The Morgan fingerprint density at radius 3 is 2.96 bits per heavy atom. The lowest BCUT2D eigenvalue weighted by Gasteiger charge is -2.24. The van der Waals surface area contributed by atoms with Crippen molar-refractivity contribution >= 4 is 11.6 Å². The fourth-order valence-corrected chi connectivity index (χ4v) is 3.76. The largest absolute Gasteiger partial charge is 0.323 e. The predicted molar refractivity (Wildman–Crippen MR) is 87.3 cm³/mol. The highest BCUT2D eigenvalue weighted by Crippen LogP contribution is 2.33. The molecule has 4 rings (SSSR count). The summed E-state index contributed by atoms with van der Waals surface area (Å²) in [4.78, 5) is 20.8. The highest BCUT2D eigenvalue weighted by molar-refractivity contribution is 5.95. The Morgan fingerprint density at radius 1 is 1.30 bits per heavy atom. The lowest BCUT2D eigenvalue weighted by molar-refractivity contribution is -0.117. The van der Waals surface area contributed by atoms with Crippen LogP contribution in [0.3, 0.4) is 0 Å². The number of imidazole rings is 1. The Labute approximate surface area is 135 Å². The molecule has 0 aromatic carbocycles. The van der Waals surface area contributed by atoms with E-state index in [0.717, 1.165) is 17.9 Å². The number of fused-ring (bicyclic) bond motifs is 1. The smallest absolute Gasteiger partial charge is 0.241 e. The zero-order chi connectivity index (χ0) is 15.6. The summed E-state index contributed by atoms with van der Waals surface area (Å²) in [6.07, 6.45) is 12.9. The summed E-state index contributed by atoms with van der Waals surface area (Å²) in [5.41, 5.74) is 0.732. The number of rotatable bonds is 3. The number of nitrogens with one attached hydrogen (secondary N) is 2. The van der Waals surface area contributed by atoms with Crippen LogP contribution >= 0.6 is 0 Å². The van der Waals surface area contributed by atoms with E-state index < -0.39 is 0 Å². The molecule has 6 nitrogen and oxygen atoms in total. The van der Waals surface area contributed by atoms with Crippen molar-refractivity contribution in [2.24, 2.45) is 5.92 Å². The predicted octanol–water partition coefficient (Wildman–Crippen LogP) is 2.13. The molecule has 23 heavy (non-hydrogen) atoms. The first-order valence-corrected chi connectivity index (χ1v) is 8.31. The van der Waals surface area contributed by atoms with Gasteiger partial charge in [-0.05, 0) is 37.3 Å². The standard InChI is InChI=1S/C17H21N5O/c23-17(15-9-12-3-1-2-4-14(12)21-15)20-13-5-6-16(19-10-13)22-8-7-18-11-22/h5-8,10-12,14-15,21H,1-4,9H2,(H,20,23). The number of hydrogen-bond donors (Lipinski definition) is 2. The van der Waals surface area contributed by atoms with E-state index >= 15 is 0 Å². The van der Waals surface area contributed by atoms with Crippen LogP contribution in [0.1, 0.15) is 32.1 Å². The molecule has 2 fully saturated rings. The van der Waals surface area contributed by atoms with Crippen LogP contribution in [-0.2, 0) is 4.79 Å². The summed E-state index contributed by atoms with van der Waals surface area (Å²) in [7, 11) is 0. The van der Waals surface area contributed by atoms with Gasteiger partial charge < -0.3 is 10.6 Å². The molecule has 120 valence electrons. The van der Waals surface area contributed by atoms with Crippen molar-refractivity contribution in [1.82, 2.24) is 19.9 Å². The second kappa shape index (κ2) is 6.12. The highest BCUT2D eigenvalue weighted by atomic mass is 16.2. The van der Waals surface area contributed by atoms with Crippen LogP contribution in [0.4, 0.5) is 5.69 Å². The topological polar surface area (TPSA) is 71.8 Å². The zero-order valence-corrected chi connectivity index (χ0v) is 13.0. The van der Waals surface area contributed by atoms with Crippen molar-refractivity contribution in [1.29, 1.82) is 0 Å². The minimum atomic E-state index is -0.0728. The molecule has 2 aliphatic rings. The van der Waals surface area contributed by atoms with Crippen LogP contribution < -0.4 is 10.6 Å². The van der Waals surface area contributed by atoms with Gasteiger partial charge in [-0.3, -0.25) is 9.36 Å². The Bertz CT molecular complexity index is 653. The molecule has 3 unspecified atom stereocenters. The first-order valence-electron chi connectivity index (χ1n) is 8.31. The fraction of sp³-hybridized carbons (Fsp3) is 0.471. The third-order valence-electron chi connectivity index (χ3n) is 4.96. The maximum atomic E-state index is 12.5. The van der Waals surface area contributed by atoms with Crippen molar-refractivity contribution in [2.45, 2.75) is 44.2 Å². The van der Waals surface area contributed by atoms with E-state index in [1.807, 2.05) is 22.9 Å². The van der Waals surface area contributed by atoms with Gasteiger partial charge in [0, 0.05) is 18.4 Å². The first kappa shape index (κ1) is 14.4. The highest BCUT2D eigenvalue weighted by Gasteiger charge is 2.38. The Kier molecular flexibility index (Phi) is 3.83. The monoisotopic (exact) mass is 311 g/mol. The van der Waals surface area contributed by atoms with E-state index in [0.29, 0.717) is 12.0 Å². The van der Waals surface area contributed by atoms with E-state index in [1.165, 1.54) is 25.7 Å². The lowest BCUT2D eigenvalue weighted by atomic mass is 9.85. The Balaban J connectivity index is 1.39. The minimum Gasteiger partial charge on any atom is -0.323 e. The molecular weight excluding hydrogens is 290 g/mol. The molecule has 3 heterocycles. The molecule has 6 heteroatoms. The molecule has 1 aliphatic heterocycles. The number of hydrogen-bond acceptors (Lipinski definition) is 4. The van der Waals surface area contributed by atoms with Gasteiger partial charge in [-0.1, -0.05) is 12.8 Å². The molecule has 2 aromatic rings. The lowest BCUT2D eigenvalue weighted by Crippen LogP contribution is -2.39. The van der Waals surface area contributed by atoms with Crippen molar-refractivity contribution < 1.29 is 4.79 Å². The quantitative estimate of drug-likeness (QED) is 0.911. The summed E-state index contributed by atoms with van der Waals surface area (Å²) in [6.45, 7) is 0. The van der Waals surface area contributed by atoms with Crippen LogP contribution in [0.5, 0.6) is 0 Å². The van der Waals surface area contributed by atoms with Crippen LogP contribution in [0.15, 0.2) is 37.1 Å². The van der Waals surface area contributed by atoms with E-state index in [-0.39, 0.29) is 11.9 Å². The van der Waals surface area contributed by atoms with Crippen molar-refractivity contribution in [3.05, 3.63) is 37.1 Å². The van der Waals surface area contributed by atoms with E-state index in [2.05, 4.69) is 20.6 Å². The van der Waals surface area contributed by atoms with Gasteiger partial charge in [-0.25, -0.2) is 9.97 Å². The molecule has 1 saturated carbocycles. The summed E-state index contributed by atoms with van der Waals surface area (Å²) in [5.74, 6) is 1.50. The summed E-state index contributed by atoms with van der Waals surface area (Å²) in [6, 6.07) is 4.21. The first-order chi connectivity index (χ1) is 11.3. The molecule has 0 spiro atoms. The zero-order valence-electron chi connectivity index (χ0n) is 13.0. The molecule has 2 N–H and O–H groups in total. The number of anilines is 1. The summed E-state index contributed by atoms with van der Waals surface area (Å²) < 4.78 is 1.83. The van der Waals surface area contributed by atoms with Gasteiger partial charge in [0.2, 0.25) is 5.91 Å². The molecule has 3 atom stereocenters. The van der Waals surface area contributed by atoms with Gasteiger partial charge in [0.25, 0.3) is 0 Å². The van der Waals surface area contributed by atoms with Gasteiger partial charge in [0.15, 0.2) is 0 Å². The third kappa shape index (κ3) is 2.99. The SMILES string of the molecule is O=C(Nc1ccc(-n2ccnc2)nc1)C1CC2CCCCC2N1. The van der Waals surface area contributed by atoms with Gasteiger partial charge in [-0.2, -0.15) is 0 Å². The van der Waals surface area contributed by atoms with Crippen molar-refractivity contribution in [2.75, 3.05) is 5.32 Å². The number of pyridine rings is 1. The average Bonchev–Trinajstić information content (AvgIpc) is 3.25. The van der Waals surface area contributed by atoms with Gasteiger partial charge in [0.1, 0.15) is 12.1 Å². The second-order valence-electron chi connectivity index (χ2n) is 6.47. The summed E-state index contributed by atoms with van der Waals surface area (Å²) >= 11 is 0. The van der Waals surface area contributed by atoms with Gasteiger partial charge >= 0.3 is 0 Å². The van der Waals surface area contributed by atoms with E-state index in [9.17, 15) is 4.79 Å². The van der Waals surface area contributed by atoms with Crippen LogP contribution in [-0.4, -0.2) is 32.5 Å². The van der Waals surface area contributed by atoms with E-state index in [1.54, 1.807) is 18.7 Å².